The summed E-state index contributed by atoms with van der Waals surface area (Å²) in [5.41, 5.74) is 2.93. The number of carbonyl (C=O) groups is 2. The molecular formula is C23H26N2O4. The van der Waals surface area contributed by atoms with E-state index < -0.39 is 0 Å². The highest BCUT2D eigenvalue weighted by Crippen LogP contribution is 2.33. The standard InChI is InChI=1S/C23H26N2O4/c1-3-15(2)18-6-4-5-7-19(18)24-23(27)17-11-22(26)25(13-17)12-16-8-9-20-21(10-16)29-14-28-20/h4-10,15,17H,3,11-14H2,1-2H3,(H,24,27). The molecular weight excluding hydrogens is 368 g/mol. The number of benzene rings is 2. The number of rotatable bonds is 6. The maximum absolute atomic E-state index is 12.8. The number of hydrogen-bond acceptors (Lipinski definition) is 4. The molecule has 0 aliphatic carbocycles. The largest absolute Gasteiger partial charge is 0.454 e. The zero-order valence-electron chi connectivity index (χ0n) is 16.8. The number of likely N-dealkylation sites (tertiary alicyclic amines) is 1. The highest BCUT2D eigenvalue weighted by atomic mass is 16.7. The summed E-state index contributed by atoms with van der Waals surface area (Å²) in [6, 6.07) is 13.6. The minimum Gasteiger partial charge on any atom is -0.454 e. The molecule has 152 valence electrons. The lowest BCUT2D eigenvalue weighted by molar-refractivity contribution is -0.128. The van der Waals surface area contributed by atoms with E-state index in [1.807, 2.05) is 36.4 Å². The molecule has 4 rings (SSSR count). The molecule has 0 saturated carbocycles. The van der Waals surface area contributed by atoms with Crippen molar-refractivity contribution in [3.8, 4) is 11.5 Å². The first-order valence-electron chi connectivity index (χ1n) is 10.1. The normalized spacial score (nSPS) is 18.8. The fourth-order valence-corrected chi connectivity index (χ4v) is 3.86. The Morgan fingerprint density at radius 1 is 1.21 bits per heavy atom. The first kappa shape index (κ1) is 19.3. The number of ether oxygens (including phenoxy) is 2. The lowest BCUT2D eigenvalue weighted by Gasteiger charge is -2.18. The molecule has 2 unspecified atom stereocenters. The molecule has 2 aromatic carbocycles. The molecule has 1 N–H and O–H groups in total. The van der Waals surface area contributed by atoms with E-state index in [1.54, 1.807) is 4.90 Å². The summed E-state index contributed by atoms with van der Waals surface area (Å²) in [6.45, 7) is 5.39. The van der Waals surface area contributed by atoms with Gasteiger partial charge >= 0.3 is 0 Å². The summed E-state index contributed by atoms with van der Waals surface area (Å²) in [4.78, 5) is 27.1. The Morgan fingerprint density at radius 3 is 2.83 bits per heavy atom. The molecule has 2 amide bonds. The van der Waals surface area contributed by atoms with E-state index in [9.17, 15) is 9.59 Å². The van der Waals surface area contributed by atoms with Crippen molar-refractivity contribution in [1.29, 1.82) is 0 Å². The van der Waals surface area contributed by atoms with Crippen molar-refractivity contribution in [3.05, 3.63) is 53.6 Å². The van der Waals surface area contributed by atoms with Gasteiger partial charge in [0.05, 0.1) is 5.92 Å². The molecule has 1 saturated heterocycles. The number of anilines is 1. The summed E-state index contributed by atoms with van der Waals surface area (Å²) in [5, 5.41) is 3.05. The van der Waals surface area contributed by atoms with Gasteiger partial charge in [0.25, 0.3) is 0 Å². The van der Waals surface area contributed by atoms with Gasteiger partial charge in [0.15, 0.2) is 11.5 Å². The van der Waals surface area contributed by atoms with Crippen molar-refractivity contribution in [2.75, 3.05) is 18.7 Å². The van der Waals surface area contributed by atoms with Crippen molar-refractivity contribution < 1.29 is 19.1 Å². The van der Waals surface area contributed by atoms with Gasteiger partial charge in [-0.2, -0.15) is 0 Å². The Hall–Kier alpha value is -3.02. The Morgan fingerprint density at radius 2 is 2.00 bits per heavy atom. The van der Waals surface area contributed by atoms with Crippen LogP contribution < -0.4 is 14.8 Å². The van der Waals surface area contributed by atoms with Crippen molar-refractivity contribution in [3.63, 3.8) is 0 Å². The SMILES string of the molecule is CCC(C)c1ccccc1NC(=O)C1CC(=O)N(Cc2ccc3c(c2)OCO3)C1. The van der Waals surface area contributed by atoms with E-state index >= 15 is 0 Å². The van der Waals surface area contributed by atoms with Crippen LogP contribution in [-0.2, 0) is 16.1 Å². The molecule has 0 spiro atoms. The second-order valence-electron chi connectivity index (χ2n) is 7.75. The molecule has 6 nitrogen and oxygen atoms in total. The third kappa shape index (κ3) is 4.06. The van der Waals surface area contributed by atoms with E-state index in [0.717, 1.165) is 29.0 Å². The molecule has 6 heteroatoms. The molecule has 2 aliphatic heterocycles. The number of carbonyl (C=O) groups excluding carboxylic acids is 2. The van der Waals surface area contributed by atoms with Crippen molar-refractivity contribution in [1.82, 2.24) is 4.90 Å². The smallest absolute Gasteiger partial charge is 0.231 e. The molecule has 1 fully saturated rings. The highest BCUT2D eigenvalue weighted by molar-refractivity contribution is 5.97. The third-order valence-electron chi connectivity index (χ3n) is 5.76. The maximum atomic E-state index is 12.8. The zero-order chi connectivity index (χ0) is 20.4. The Labute approximate surface area is 170 Å². The van der Waals surface area contributed by atoms with Gasteiger partial charge in [-0.15, -0.1) is 0 Å². The minimum atomic E-state index is -0.346. The second-order valence-corrected chi connectivity index (χ2v) is 7.75. The third-order valence-corrected chi connectivity index (χ3v) is 5.76. The van der Waals surface area contributed by atoms with E-state index in [0.29, 0.717) is 24.8 Å². The van der Waals surface area contributed by atoms with Crippen LogP contribution >= 0.6 is 0 Å². The van der Waals surface area contributed by atoms with Crippen molar-refractivity contribution in [2.45, 2.75) is 39.2 Å². The Kier molecular flexibility index (Phi) is 5.43. The first-order valence-corrected chi connectivity index (χ1v) is 10.1. The fraction of sp³-hybridized carbons (Fsp3) is 0.391. The van der Waals surface area contributed by atoms with Crippen LogP contribution in [0.1, 0.15) is 43.7 Å². The highest BCUT2D eigenvalue weighted by Gasteiger charge is 2.34. The number of para-hydroxylation sites is 1. The van der Waals surface area contributed by atoms with Gasteiger partial charge in [0.2, 0.25) is 18.6 Å². The summed E-state index contributed by atoms with van der Waals surface area (Å²) in [7, 11) is 0. The fourth-order valence-electron chi connectivity index (χ4n) is 3.86. The summed E-state index contributed by atoms with van der Waals surface area (Å²) < 4.78 is 10.7. The zero-order valence-corrected chi connectivity index (χ0v) is 16.8. The van der Waals surface area contributed by atoms with Gasteiger partial charge in [-0.3, -0.25) is 9.59 Å². The molecule has 0 radical (unpaired) electrons. The average Bonchev–Trinajstić information content (AvgIpc) is 3.34. The van der Waals surface area contributed by atoms with Crippen LogP contribution in [0.2, 0.25) is 0 Å². The van der Waals surface area contributed by atoms with Crippen molar-refractivity contribution in [2.24, 2.45) is 5.92 Å². The van der Waals surface area contributed by atoms with Crippen LogP contribution in [0.4, 0.5) is 5.69 Å². The Bertz CT molecular complexity index is 927. The summed E-state index contributed by atoms with van der Waals surface area (Å²) in [5.74, 6) is 1.34. The summed E-state index contributed by atoms with van der Waals surface area (Å²) in [6.07, 6.45) is 1.24. The van der Waals surface area contributed by atoms with Gasteiger partial charge in [0, 0.05) is 25.2 Å². The average molecular weight is 394 g/mol. The minimum absolute atomic E-state index is 0.00183. The molecule has 2 atom stereocenters. The topological polar surface area (TPSA) is 67.9 Å². The van der Waals surface area contributed by atoms with E-state index in [2.05, 4.69) is 25.2 Å². The van der Waals surface area contributed by atoms with E-state index in [-0.39, 0.29) is 30.9 Å². The molecule has 2 aromatic rings. The molecule has 29 heavy (non-hydrogen) atoms. The first-order chi connectivity index (χ1) is 14.0. The van der Waals surface area contributed by atoms with Gasteiger partial charge in [-0.25, -0.2) is 0 Å². The van der Waals surface area contributed by atoms with Gasteiger partial charge in [-0.05, 0) is 41.7 Å². The van der Waals surface area contributed by atoms with Crippen LogP contribution in [0.25, 0.3) is 0 Å². The monoisotopic (exact) mass is 394 g/mol. The number of nitrogens with zero attached hydrogens (tertiary/aromatic N) is 1. The van der Waals surface area contributed by atoms with Crippen LogP contribution in [0.3, 0.4) is 0 Å². The summed E-state index contributed by atoms with van der Waals surface area (Å²) >= 11 is 0. The molecule has 0 bridgehead atoms. The van der Waals surface area contributed by atoms with E-state index in [4.69, 9.17) is 9.47 Å². The van der Waals surface area contributed by atoms with Crippen LogP contribution in [-0.4, -0.2) is 30.1 Å². The molecule has 2 heterocycles. The predicted molar refractivity (Wildman–Crippen MR) is 110 cm³/mol. The van der Waals surface area contributed by atoms with Crippen LogP contribution in [0.5, 0.6) is 11.5 Å². The van der Waals surface area contributed by atoms with Crippen molar-refractivity contribution >= 4 is 17.5 Å². The Balaban J connectivity index is 1.41. The van der Waals surface area contributed by atoms with E-state index in [1.165, 1.54) is 0 Å². The second kappa shape index (κ2) is 8.15. The number of hydrogen-bond donors (Lipinski definition) is 1. The van der Waals surface area contributed by atoms with Crippen LogP contribution in [0.15, 0.2) is 42.5 Å². The number of fused-ring (bicyclic) bond motifs is 1. The lowest BCUT2D eigenvalue weighted by atomic mass is 9.96. The van der Waals surface area contributed by atoms with Gasteiger partial charge in [-0.1, -0.05) is 38.1 Å². The number of amides is 2. The predicted octanol–water partition coefficient (Wildman–Crippen LogP) is 3.92. The maximum Gasteiger partial charge on any atom is 0.231 e. The quantitative estimate of drug-likeness (QED) is 0.806. The van der Waals surface area contributed by atoms with Gasteiger partial charge in [0.1, 0.15) is 0 Å². The molecule has 2 aliphatic rings. The van der Waals surface area contributed by atoms with Gasteiger partial charge < -0.3 is 19.7 Å². The molecule has 0 aromatic heterocycles. The van der Waals surface area contributed by atoms with Crippen LogP contribution in [0, 0.1) is 5.92 Å². The number of nitrogens with one attached hydrogen (secondary N) is 1. The lowest BCUT2D eigenvalue weighted by Crippen LogP contribution is -2.28.